The molecule has 0 bridgehead atoms. The Morgan fingerprint density at radius 1 is 1.06 bits per heavy atom. The fourth-order valence-corrected chi connectivity index (χ4v) is 5.50. The molecule has 0 saturated heterocycles. The van der Waals surface area contributed by atoms with Crippen LogP contribution >= 0.6 is 39.1 Å². The van der Waals surface area contributed by atoms with E-state index >= 15 is 0 Å². The van der Waals surface area contributed by atoms with E-state index in [-0.39, 0.29) is 31.0 Å². The van der Waals surface area contributed by atoms with Gasteiger partial charge in [-0.05, 0) is 64.7 Å². The second-order valence-corrected chi connectivity index (χ2v) is 10.4. The smallest absolute Gasteiger partial charge is 0.261 e. The zero-order valence-electron chi connectivity index (χ0n) is 19.4. The van der Waals surface area contributed by atoms with Gasteiger partial charge in [0, 0.05) is 28.2 Å². The molecule has 0 spiro atoms. The Morgan fingerprint density at radius 2 is 1.74 bits per heavy atom. The van der Waals surface area contributed by atoms with Gasteiger partial charge in [-0.2, -0.15) is 0 Å². The molecular weight excluding hydrogens is 551 g/mol. The third-order valence-electron chi connectivity index (χ3n) is 6.44. The van der Waals surface area contributed by atoms with Crippen LogP contribution in [-0.4, -0.2) is 35.4 Å². The highest BCUT2D eigenvalue weighted by Crippen LogP contribution is 2.33. The molecule has 5 nitrogen and oxygen atoms in total. The van der Waals surface area contributed by atoms with Crippen LogP contribution in [0.15, 0.2) is 59.1 Å². The molecule has 0 aromatic heterocycles. The maximum absolute atomic E-state index is 13.4. The number of halogens is 3. The van der Waals surface area contributed by atoms with Gasteiger partial charge in [-0.1, -0.05) is 72.4 Å². The van der Waals surface area contributed by atoms with Crippen LogP contribution in [0, 0.1) is 0 Å². The maximum atomic E-state index is 13.4. The zero-order valence-corrected chi connectivity index (χ0v) is 22.5. The van der Waals surface area contributed by atoms with E-state index in [1.807, 2.05) is 36.4 Å². The van der Waals surface area contributed by atoms with E-state index in [9.17, 15) is 9.59 Å². The molecule has 1 atom stereocenters. The molecule has 0 aliphatic heterocycles. The van der Waals surface area contributed by atoms with Crippen molar-refractivity contribution in [3.8, 4) is 5.75 Å². The number of hydrogen-bond acceptors (Lipinski definition) is 3. The molecule has 1 N–H and O–H groups in total. The van der Waals surface area contributed by atoms with E-state index in [0.29, 0.717) is 21.4 Å². The van der Waals surface area contributed by atoms with Gasteiger partial charge >= 0.3 is 0 Å². The highest BCUT2D eigenvalue weighted by molar-refractivity contribution is 9.10. The molecule has 1 aliphatic rings. The number of benzene rings is 3. The summed E-state index contributed by atoms with van der Waals surface area (Å²) in [6.07, 6.45) is 4.13. The molecule has 1 saturated carbocycles. The topological polar surface area (TPSA) is 58.6 Å². The predicted molar refractivity (Wildman–Crippen MR) is 144 cm³/mol. The van der Waals surface area contributed by atoms with Crippen molar-refractivity contribution in [1.82, 2.24) is 10.2 Å². The van der Waals surface area contributed by atoms with Gasteiger partial charge in [0.1, 0.15) is 11.8 Å². The number of ether oxygens (including phenoxy) is 1. The van der Waals surface area contributed by atoms with E-state index in [4.69, 9.17) is 27.9 Å². The van der Waals surface area contributed by atoms with Crippen molar-refractivity contribution in [1.29, 1.82) is 0 Å². The molecule has 1 unspecified atom stereocenters. The molecule has 4 rings (SSSR count). The average molecular weight is 578 g/mol. The van der Waals surface area contributed by atoms with Crippen LogP contribution in [0.1, 0.15) is 38.2 Å². The van der Waals surface area contributed by atoms with Crippen molar-refractivity contribution in [2.75, 3.05) is 6.61 Å². The summed E-state index contributed by atoms with van der Waals surface area (Å²) < 4.78 is 6.69. The quantitative estimate of drug-likeness (QED) is 0.321. The van der Waals surface area contributed by atoms with Gasteiger partial charge in [0.2, 0.25) is 5.91 Å². The van der Waals surface area contributed by atoms with Gasteiger partial charge in [-0.15, -0.1) is 0 Å². The van der Waals surface area contributed by atoms with Crippen molar-refractivity contribution in [2.24, 2.45) is 0 Å². The number of carbonyl (C=O) groups is 2. The summed E-state index contributed by atoms with van der Waals surface area (Å²) in [7, 11) is 0. The monoisotopic (exact) mass is 576 g/mol. The molecule has 3 aromatic rings. The fourth-order valence-electron chi connectivity index (χ4n) is 4.38. The van der Waals surface area contributed by atoms with Gasteiger partial charge in [0.15, 0.2) is 6.61 Å². The third kappa shape index (κ3) is 6.11. The lowest BCUT2D eigenvalue weighted by atomic mass is 10.1. The minimum Gasteiger partial charge on any atom is -0.483 e. The summed E-state index contributed by atoms with van der Waals surface area (Å²) in [6, 6.07) is 16.3. The molecule has 2 amide bonds. The Hall–Kier alpha value is -2.28. The van der Waals surface area contributed by atoms with E-state index in [2.05, 4.69) is 21.2 Å². The normalized spacial score (nSPS) is 14.6. The SMILES string of the molecule is CC(C(=O)NC1CCCC1)N(Cc1c(Cl)cccc1Cl)C(=O)COc1ccc2ccccc2c1Br. The molecule has 35 heavy (non-hydrogen) atoms. The number of nitrogens with one attached hydrogen (secondary N) is 1. The van der Waals surface area contributed by atoms with Crippen LogP contribution in [0.25, 0.3) is 10.8 Å². The minimum atomic E-state index is -0.723. The first kappa shape index (κ1) is 25.8. The standard InChI is InChI=1S/C27H27BrCl2N2O3/c1-17(27(34)31-19-8-3-4-9-19)32(15-21-22(29)11-6-12-23(21)30)25(33)16-35-24-14-13-18-7-2-5-10-20(18)26(24)28/h2,5-7,10-14,17,19H,3-4,8-9,15-16H2,1H3,(H,31,34). The van der Waals surface area contributed by atoms with Crippen molar-refractivity contribution in [3.05, 3.63) is 74.7 Å². The lowest BCUT2D eigenvalue weighted by Crippen LogP contribution is -2.50. The number of nitrogens with zero attached hydrogens (tertiary/aromatic N) is 1. The summed E-state index contributed by atoms with van der Waals surface area (Å²) in [5.41, 5.74) is 0.594. The summed E-state index contributed by atoms with van der Waals surface area (Å²) in [5, 5.41) is 6.02. The largest absolute Gasteiger partial charge is 0.483 e. The molecule has 3 aromatic carbocycles. The van der Waals surface area contributed by atoms with Crippen molar-refractivity contribution in [2.45, 2.75) is 51.2 Å². The zero-order chi connectivity index (χ0) is 24.9. The Labute approximate surface area is 223 Å². The lowest BCUT2D eigenvalue weighted by Gasteiger charge is -2.30. The lowest BCUT2D eigenvalue weighted by molar-refractivity contribution is -0.142. The van der Waals surface area contributed by atoms with Crippen molar-refractivity contribution in [3.63, 3.8) is 0 Å². The Morgan fingerprint density at radius 3 is 2.46 bits per heavy atom. The number of carbonyl (C=O) groups excluding carboxylic acids is 2. The molecule has 184 valence electrons. The molecule has 1 aliphatic carbocycles. The van der Waals surface area contributed by atoms with Crippen LogP contribution in [-0.2, 0) is 16.1 Å². The van der Waals surface area contributed by atoms with E-state index < -0.39 is 6.04 Å². The first-order chi connectivity index (χ1) is 16.8. The Balaban J connectivity index is 1.54. The second-order valence-electron chi connectivity index (χ2n) is 8.78. The van der Waals surface area contributed by atoms with E-state index in [1.165, 1.54) is 4.90 Å². The highest BCUT2D eigenvalue weighted by Gasteiger charge is 2.30. The number of rotatable bonds is 8. The summed E-state index contributed by atoms with van der Waals surface area (Å²) in [6.45, 7) is 1.58. The first-order valence-corrected chi connectivity index (χ1v) is 13.2. The van der Waals surface area contributed by atoms with Crippen molar-refractivity contribution >= 4 is 61.7 Å². The molecular formula is C27H27BrCl2N2O3. The van der Waals surface area contributed by atoms with Gasteiger partial charge in [0.05, 0.1) is 4.47 Å². The third-order valence-corrected chi connectivity index (χ3v) is 7.96. The number of hydrogen-bond donors (Lipinski definition) is 1. The van der Waals surface area contributed by atoms with E-state index in [1.54, 1.807) is 25.1 Å². The van der Waals surface area contributed by atoms with Crippen LogP contribution in [0.4, 0.5) is 0 Å². The minimum absolute atomic E-state index is 0.0961. The van der Waals surface area contributed by atoms with Gasteiger partial charge in [-0.3, -0.25) is 9.59 Å². The average Bonchev–Trinajstić information content (AvgIpc) is 3.36. The molecule has 1 fully saturated rings. The molecule has 8 heteroatoms. The van der Waals surface area contributed by atoms with Gasteiger partial charge < -0.3 is 15.0 Å². The highest BCUT2D eigenvalue weighted by atomic mass is 79.9. The fraction of sp³-hybridized carbons (Fsp3) is 0.333. The number of amides is 2. The summed E-state index contributed by atoms with van der Waals surface area (Å²) >= 11 is 16.4. The molecule has 0 radical (unpaired) electrons. The summed E-state index contributed by atoms with van der Waals surface area (Å²) in [4.78, 5) is 28.0. The number of fused-ring (bicyclic) bond motifs is 1. The van der Waals surface area contributed by atoms with E-state index in [0.717, 1.165) is 40.9 Å². The maximum Gasteiger partial charge on any atom is 0.261 e. The summed E-state index contributed by atoms with van der Waals surface area (Å²) in [5.74, 6) is 0.0197. The Kier molecular flexibility index (Phi) is 8.58. The van der Waals surface area contributed by atoms with Gasteiger partial charge in [-0.25, -0.2) is 0 Å². The van der Waals surface area contributed by atoms with Crippen LogP contribution in [0.5, 0.6) is 5.75 Å². The first-order valence-electron chi connectivity index (χ1n) is 11.7. The molecule has 0 heterocycles. The Bertz CT molecular complexity index is 1210. The van der Waals surface area contributed by atoms with Crippen molar-refractivity contribution < 1.29 is 14.3 Å². The second kappa shape index (κ2) is 11.6. The van der Waals surface area contributed by atoms with Crippen LogP contribution in [0.3, 0.4) is 0 Å². The van der Waals surface area contributed by atoms with Gasteiger partial charge in [0.25, 0.3) is 5.91 Å². The predicted octanol–water partition coefficient (Wildman–Crippen LogP) is 6.76. The van der Waals surface area contributed by atoms with Crippen LogP contribution in [0.2, 0.25) is 10.0 Å². The van der Waals surface area contributed by atoms with Crippen LogP contribution < -0.4 is 10.1 Å².